The number of hydrogen-bond acceptors (Lipinski definition) is 3. The van der Waals surface area contributed by atoms with E-state index in [1.54, 1.807) is 0 Å². The molecule has 0 aromatic heterocycles. The van der Waals surface area contributed by atoms with Crippen LogP contribution in [0.2, 0.25) is 0 Å². The zero-order valence-corrected chi connectivity index (χ0v) is 12.6. The van der Waals surface area contributed by atoms with E-state index in [2.05, 4.69) is 15.9 Å². The van der Waals surface area contributed by atoms with E-state index in [0.717, 1.165) is 19.3 Å². The third-order valence-corrected chi connectivity index (χ3v) is 5.41. The van der Waals surface area contributed by atoms with Gasteiger partial charge in [0.15, 0.2) is 0 Å². The van der Waals surface area contributed by atoms with Gasteiger partial charge in [0, 0.05) is 17.6 Å². The van der Waals surface area contributed by atoms with Crippen LogP contribution in [0.15, 0.2) is 27.6 Å². The van der Waals surface area contributed by atoms with Crippen molar-refractivity contribution in [1.82, 2.24) is 4.31 Å². The Morgan fingerprint density at radius 2 is 1.79 bits per heavy atom. The maximum absolute atomic E-state index is 12.4. The van der Waals surface area contributed by atoms with Crippen LogP contribution in [0.25, 0.3) is 0 Å². The van der Waals surface area contributed by atoms with Crippen LogP contribution in [0.4, 0.5) is 0 Å². The lowest BCUT2D eigenvalue weighted by molar-refractivity contribution is 0.0696. The maximum Gasteiger partial charge on any atom is 0.335 e. The molecule has 0 spiro atoms. The van der Waals surface area contributed by atoms with Crippen LogP contribution in [-0.2, 0) is 10.0 Å². The molecule has 7 heteroatoms. The highest BCUT2D eigenvalue weighted by molar-refractivity contribution is 9.10. The molecule has 0 amide bonds. The van der Waals surface area contributed by atoms with E-state index in [1.165, 1.54) is 22.5 Å². The maximum atomic E-state index is 12.4. The van der Waals surface area contributed by atoms with E-state index >= 15 is 0 Å². The second-order valence-corrected chi connectivity index (χ2v) is 7.30. The van der Waals surface area contributed by atoms with Crippen LogP contribution in [0.5, 0.6) is 0 Å². The molecule has 2 rings (SSSR count). The van der Waals surface area contributed by atoms with Crippen molar-refractivity contribution in [2.45, 2.75) is 24.2 Å². The average Bonchev–Trinajstić information content (AvgIpc) is 2.39. The summed E-state index contributed by atoms with van der Waals surface area (Å²) in [4.78, 5) is 11.0. The fraction of sp³-hybridized carbons (Fsp3) is 0.417. The highest BCUT2D eigenvalue weighted by Gasteiger charge is 2.27. The Kier molecular flexibility index (Phi) is 4.27. The predicted octanol–water partition coefficient (Wildman–Crippen LogP) is 2.32. The van der Waals surface area contributed by atoms with Crippen molar-refractivity contribution < 1.29 is 18.3 Å². The van der Waals surface area contributed by atoms with E-state index in [0.29, 0.717) is 17.6 Å². The summed E-state index contributed by atoms with van der Waals surface area (Å²) in [6.07, 6.45) is 2.73. The zero-order valence-electron chi connectivity index (χ0n) is 10.2. The number of nitrogens with zero attached hydrogens (tertiary/aromatic N) is 1. The number of hydrogen-bond donors (Lipinski definition) is 1. The van der Waals surface area contributed by atoms with Crippen molar-refractivity contribution in [3.8, 4) is 0 Å². The first-order chi connectivity index (χ1) is 8.91. The van der Waals surface area contributed by atoms with E-state index in [-0.39, 0.29) is 10.5 Å². The highest BCUT2D eigenvalue weighted by Crippen LogP contribution is 2.24. The van der Waals surface area contributed by atoms with Crippen LogP contribution in [-0.4, -0.2) is 36.9 Å². The molecule has 104 valence electrons. The molecule has 5 nitrogen and oxygen atoms in total. The van der Waals surface area contributed by atoms with Crippen LogP contribution in [0.3, 0.4) is 0 Å². The second kappa shape index (κ2) is 5.60. The van der Waals surface area contributed by atoms with Crippen molar-refractivity contribution >= 4 is 31.9 Å². The molecule has 1 aliphatic heterocycles. The normalized spacial score (nSPS) is 17.3. The number of piperidine rings is 1. The SMILES string of the molecule is O=C(O)c1cc(Br)cc(S(=O)(=O)N2CCCCC2)c1. The fourth-order valence-electron chi connectivity index (χ4n) is 2.09. The van der Waals surface area contributed by atoms with E-state index < -0.39 is 16.0 Å². The number of benzene rings is 1. The van der Waals surface area contributed by atoms with Crippen molar-refractivity contribution in [1.29, 1.82) is 0 Å². The van der Waals surface area contributed by atoms with Gasteiger partial charge in [-0.15, -0.1) is 0 Å². The lowest BCUT2D eigenvalue weighted by atomic mass is 10.2. The van der Waals surface area contributed by atoms with Crippen molar-refractivity contribution in [3.63, 3.8) is 0 Å². The monoisotopic (exact) mass is 347 g/mol. The van der Waals surface area contributed by atoms with E-state index in [1.807, 2.05) is 0 Å². The minimum absolute atomic E-state index is 0.0289. The standard InChI is InChI=1S/C12H14BrNO4S/c13-10-6-9(12(15)16)7-11(8-10)19(17,18)14-4-2-1-3-5-14/h6-8H,1-5H2,(H,15,16). The van der Waals surface area contributed by atoms with Gasteiger partial charge in [0.25, 0.3) is 0 Å². The molecule has 0 bridgehead atoms. The molecule has 1 N–H and O–H groups in total. The Morgan fingerprint density at radius 3 is 2.37 bits per heavy atom. The summed E-state index contributed by atoms with van der Waals surface area (Å²) < 4.78 is 26.7. The Bertz CT molecular complexity index is 594. The van der Waals surface area contributed by atoms with Gasteiger partial charge in [-0.3, -0.25) is 0 Å². The quantitative estimate of drug-likeness (QED) is 0.910. The van der Waals surface area contributed by atoms with Crippen LogP contribution in [0, 0.1) is 0 Å². The molecule has 0 radical (unpaired) electrons. The predicted molar refractivity (Wildman–Crippen MR) is 73.7 cm³/mol. The molecule has 1 aliphatic rings. The lowest BCUT2D eigenvalue weighted by Gasteiger charge is -2.26. The molecule has 0 atom stereocenters. The Hall–Kier alpha value is -0.920. The van der Waals surface area contributed by atoms with Gasteiger partial charge in [-0.2, -0.15) is 4.31 Å². The first-order valence-electron chi connectivity index (χ1n) is 5.95. The van der Waals surface area contributed by atoms with Gasteiger partial charge in [-0.05, 0) is 31.0 Å². The Labute approximate surface area is 120 Å². The number of rotatable bonds is 3. The van der Waals surface area contributed by atoms with Crippen LogP contribution in [0.1, 0.15) is 29.6 Å². The summed E-state index contributed by atoms with van der Waals surface area (Å²) in [6, 6.07) is 4.03. The molecule has 1 aromatic carbocycles. The van der Waals surface area contributed by atoms with Gasteiger partial charge in [0.1, 0.15) is 0 Å². The average molecular weight is 348 g/mol. The summed E-state index contributed by atoms with van der Waals surface area (Å²) >= 11 is 3.15. The molecule has 0 saturated carbocycles. The Morgan fingerprint density at radius 1 is 1.16 bits per heavy atom. The minimum atomic E-state index is -3.60. The summed E-state index contributed by atoms with van der Waals surface area (Å²) in [6.45, 7) is 0.995. The van der Waals surface area contributed by atoms with Gasteiger partial charge < -0.3 is 5.11 Å². The highest BCUT2D eigenvalue weighted by atomic mass is 79.9. The second-order valence-electron chi connectivity index (χ2n) is 4.45. The fourth-order valence-corrected chi connectivity index (χ4v) is 4.32. The molecule has 1 aromatic rings. The smallest absolute Gasteiger partial charge is 0.335 e. The largest absolute Gasteiger partial charge is 0.478 e. The number of carboxylic acid groups (broad SMARTS) is 1. The van der Waals surface area contributed by atoms with Gasteiger partial charge in [0.2, 0.25) is 10.0 Å². The Balaban J connectivity index is 2.42. The number of halogens is 1. The van der Waals surface area contributed by atoms with Crippen molar-refractivity contribution in [3.05, 3.63) is 28.2 Å². The molecule has 1 heterocycles. The first kappa shape index (κ1) is 14.5. The van der Waals surface area contributed by atoms with Gasteiger partial charge >= 0.3 is 5.97 Å². The minimum Gasteiger partial charge on any atom is -0.478 e. The van der Waals surface area contributed by atoms with Crippen LogP contribution >= 0.6 is 15.9 Å². The number of aromatic carboxylic acids is 1. The van der Waals surface area contributed by atoms with Gasteiger partial charge in [-0.25, -0.2) is 13.2 Å². The third kappa shape index (κ3) is 3.16. The molecule has 1 saturated heterocycles. The third-order valence-electron chi connectivity index (χ3n) is 3.07. The van der Waals surface area contributed by atoms with Crippen molar-refractivity contribution in [2.24, 2.45) is 0 Å². The number of carboxylic acids is 1. The number of sulfonamides is 1. The summed E-state index contributed by atoms with van der Waals surface area (Å²) in [5.41, 5.74) is -0.0371. The molecular formula is C12H14BrNO4S. The molecular weight excluding hydrogens is 334 g/mol. The first-order valence-corrected chi connectivity index (χ1v) is 8.18. The summed E-state index contributed by atoms with van der Waals surface area (Å²) in [7, 11) is -3.60. The summed E-state index contributed by atoms with van der Waals surface area (Å²) in [5.74, 6) is -1.14. The van der Waals surface area contributed by atoms with Crippen LogP contribution < -0.4 is 0 Å². The number of carbonyl (C=O) groups is 1. The molecule has 0 unspecified atom stereocenters. The van der Waals surface area contributed by atoms with Gasteiger partial charge in [-0.1, -0.05) is 22.4 Å². The van der Waals surface area contributed by atoms with E-state index in [4.69, 9.17) is 5.11 Å². The summed E-state index contributed by atoms with van der Waals surface area (Å²) in [5, 5.41) is 8.98. The van der Waals surface area contributed by atoms with E-state index in [9.17, 15) is 13.2 Å². The van der Waals surface area contributed by atoms with Gasteiger partial charge in [0.05, 0.1) is 10.5 Å². The zero-order chi connectivity index (χ0) is 14.0. The molecule has 19 heavy (non-hydrogen) atoms. The topological polar surface area (TPSA) is 74.7 Å². The lowest BCUT2D eigenvalue weighted by Crippen LogP contribution is -2.35. The molecule has 0 aliphatic carbocycles. The van der Waals surface area contributed by atoms with Crippen molar-refractivity contribution in [2.75, 3.05) is 13.1 Å². The molecule has 1 fully saturated rings.